The van der Waals surface area contributed by atoms with E-state index in [1.165, 1.54) is 6.07 Å². The van der Waals surface area contributed by atoms with Crippen LogP contribution in [0.2, 0.25) is 0 Å². The summed E-state index contributed by atoms with van der Waals surface area (Å²) >= 11 is 1.90. The Balaban J connectivity index is 0.00000288. The van der Waals surface area contributed by atoms with Crippen molar-refractivity contribution in [3.05, 3.63) is 52.6 Å². The van der Waals surface area contributed by atoms with Crippen LogP contribution in [0.5, 0.6) is 17.2 Å². The average Bonchev–Trinajstić information content (AvgIpc) is 2.52. The SMILES string of the molecule is Cc1ccc(C#Cc2cc(C)c(O)cc2OC(=O)CI)cc1O.[Pr].[Pr]. The molecule has 0 aliphatic rings. The van der Waals surface area contributed by atoms with Crippen LogP contribution in [0.4, 0.5) is 0 Å². The molecular formula is C18H15IO4Pr2. The Morgan fingerprint density at radius 1 is 1.04 bits per heavy atom. The standard InChI is InChI=1S/C18H15IO4.2Pr/c1-11-3-4-13(8-15(11)20)5-6-14-7-12(2)16(21)9-17(14)23-18(22)10-19;;/h3-4,7-9,20-21H,10H2,1-2H3;;. The molecule has 124 valence electrons. The van der Waals surface area contributed by atoms with E-state index in [0.717, 1.165) is 5.56 Å². The third kappa shape index (κ3) is 7.58. The summed E-state index contributed by atoms with van der Waals surface area (Å²) in [5.41, 5.74) is 2.55. The summed E-state index contributed by atoms with van der Waals surface area (Å²) in [6, 6.07) is 8.19. The number of benzene rings is 2. The summed E-state index contributed by atoms with van der Waals surface area (Å²) in [6.07, 6.45) is 0. The van der Waals surface area contributed by atoms with Gasteiger partial charge in [0.15, 0.2) is 0 Å². The van der Waals surface area contributed by atoms with Crippen molar-refractivity contribution >= 4 is 28.6 Å². The number of aromatic hydroxyl groups is 2. The van der Waals surface area contributed by atoms with E-state index in [0.29, 0.717) is 16.7 Å². The van der Waals surface area contributed by atoms with Crippen molar-refractivity contribution in [3.8, 4) is 29.1 Å². The minimum atomic E-state index is -0.412. The monoisotopic (exact) mass is 704 g/mol. The first kappa shape index (κ1) is 25.5. The topological polar surface area (TPSA) is 66.8 Å². The van der Waals surface area contributed by atoms with Crippen molar-refractivity contribution in [2.75, 3.05) is 4.43 Å². The Morgan fingerprint density at radius 3 is 2.28 bits per heavy atom. The largest absolute Gasteiger partial charge is 0.508 e. The fourth-order valence-corrected chi connectivity index (χ4v) is 1.99. The summed E-state index contributed by atoms with van der Waals surface area (Å²) in [5, 5.41) is 19.5. The minimum absolute atomic E-state index is 0. The van der Waals surface area contributed by atoms with E-state index in [1.807, 2.05) is 22.6 Å². The number of hydrogen-bond acceptors (Lipinski definition) is 4. The first-order valence-corrected chi connectivity index (χ1v) is 8.35. The van der Waals surface area contributed by atoms with Gasteiger partial charge in [0, 0.05) is 94.2 Å². The van der Waals surface area contributed by atoms with Crippen LogP contribution in [-0.4, -0.2) is 20.6 Å². The first-order valence-electron chi connectivity index (χ1n) is 6.82. The Morgan fingerprint density at radius 2 is 1.68 bits per heavy atom. The second kappa shape index (κ2) is 12.1. The van der Waals surface area contributed by atoms with Gasteiger partial charge in [0.2, 0.25) is 0 Å². The first-order chi connectivity index (χ1) is 10.9. The van der Waals surface area contributed by atoms with E-state index in [1.54, 1.807) is 38.1 Å². The molecule has 0 heterocycles. The maximum atomic E-state index is 11.5. The normalized spacial score (nSPS) is 9.08. The van der Waals surface area contributed by atoms with Crippen molar-refractivity contribution in [1.82, 2.24) is 0 Å². The Hall–Kier alpha value is 0.527. The van der Waals surface area contributed by atoms with E-state index in [2.05, 4.69) is 11.8 Å². The zero-order valence-corrected chi connectivity index (χ0v) is 23.4. The summed E-state index contributed by atoms with van der Waals surface area (Å²) < 4.78 is 5.40. The molecule has 2 rings (SSSR count). The molecule has 2 aromatic rings. The van der Waals surface area contributed by atoms with Crippen LogP contribution in [0.15, 0.2) is 30.3 Å². The van der Waals surface area contributed by atoms with Crippen LogP contribution in [0.3, 0.4) is 0 Å². The molecule has 0 bridgehead atoms. The van der Waals surface area contributed by atoms with Gasteiger partial charge in [-0.2, -0.15) is 0 Å². The number of ether oxygens (including phenoxy) is 1. The molecule has 0 amide bonds. The van der Waals surface area contributed by atoms with Gasteiger partial charge in [-0.3, -0.25) is 4.79 Å². The third-order valence-corrected chi connectivity index (χ3v) is 3.80. The Labute approximate surface area is 227 Å². The van der Waals surface area contributed by atoms with Crippen LogP contribution in [-0.2, 0) is 4.79 Å². The number of carbonyl (C=O) groups excluding carboxylic acids is 1. The molecule has 0 aliphatic carbocycles. The number of halogens is 1. The molecule has 2 radical (unpaired) electrons. The van der Waals surface area contributed by atoms with E-state index in [9.17, 15) is 15.0 Å². The predicted molar refractivity (Wildman–Crippen MR) is 96.2 cm³/mol. The second-order valence-electron chi connectivity index (χ2n) is 4.99. The van der Waals surface area contributed by atoms with Crippen molar-refractivity contribution in [2.45, 2.75) is 13.8 Å². The molecule has 0 aliphatic heterocycles. The zero-order chi connectivity index (χ0) is 17.0. The number of alkyl halides is 1. The Bertz CT molecular complexity index is 826. The van der Waals surface area contributed by atoms with Crippen molar-refractivity contribution in [1.29, 1.82) is 0 Å². The fourth-order valence-electron chi connectivity index (χ4n) is 1.84. The van der Waals surface area contributed by atoms with Crippen molar-refractivity contribution in [2.24, 2.45) is 0 Å². The molecule has 2 N–H and O–H groups in total. The number of phenolic OH excluding ortho intramolecular Hbond substituents is 2. The molecule has 0 saturated heterocycles. The van der Waals surface area contributed by atoms with Gasteiger partial charge in [-0.05, 0) is 43.2 Å². The van der Waals surface area contributed by atoms with Gasteiger partial charge in [-0.15, -0.1) is 0 Å². The number of carbonyl (C=O) groups is 1. The molecular weight excluding hydrogens is 689 g/mol. The summed E-state index contributed by atoms with van der Waals surface area (Å²) in [4.78, 5) is 11.5. The molecule has 0 atom stereocenters. The third-order valence-electron chi connectivity index (χ3n) is 3.18. The molecule has 0 unspecified atom stereocenters. The number of rotatable bonds is 2. The van der Waals surface area contributed by atoms with Crippen molar-refractivity contribution in [3.63, 3.8) is 0 Å². The van der Waals surface area contributed by atoms with Crippen molar-refractivity contribution < 1.29 is 102 Å². The number of hydrogen-bond donors (Lipinski definition) is 2. The number of aryl methyl sites for hydroxylation is 2. The van der Waals surface area contributed by atoms with Gasteiger partial charge in [0.1, 0.15) is 17.2 Å². The van der Waals surface area contributed by atoms with Crippen LogP contribution < -0.4 is 4.74 Å². The number of phenols is 2. The van der Waals surface area contributed by atoms with Crippen LogP contribution in [0.25, 0.3) is 0 Å². The summed E-state index contributed by atoms with van der Waals surface area (Å²) in [6.45, 7) is 3.54. The van der Waals surface area contributed by atoms with Gasteiger partial charge >= 0.3 is 5.97 Å². The van der Waals surface area contributed by atoms with Crippen LogP contribution in [0, 0.1) is 108 Å². The molecule has 4 nitrogen and oxygen atoms in total. The van der Waals surface area contributed by atoms with E-state index in [-0.39, 0.29) is 104 Å². The maximum Gasteiger partial charge on any atom is 0.321 e. The van der Waals surface area contributed by atoms with Crippen LogP contribution >= 0.6 is 22.6 Å². The van der Waals surface area contributed by atoms with Gasteiger partial charge < -0.3 is 14.9 Å². The average molecular weight is 704 g/mol. The summed E-state index contributed by atoms with van der Waals surface area (Å²) in [5.74, 6) is 5.87. The van der Waals surface area contributed by atoms with Gasteiger partial charge in [0.25, 0.3) is 0 Å². The van der Waals surface area contributed by atoms with E-state index in [4.69, 9.17) is 4.74 Å². The molecule has 0 fully saturated rings. The number of esters is 1. The predicted octanol–water partition coefficient (Wildman–Crippen LogP) is 3.45. The molecule has 2 aromatic carbocycles. The zero-order valence-electron chi connectivity index (χ0n) is 13.8. The van der Waals surface area contributed by atoms with Gasteiger partial charge in [0.05, 0.1) is 9.99 Å². The van der Waals surface area contributed by atoms with Crippen LogP contribution in [0.1, 0.15) is 22.3 Å². The van der Waals surface area contributed by atoms with Gasteiger partial charge in [-0.25, -0.2) is 0 Å². The van der Waals surface area contributed by atoms with Gasteiger partial charge in [-0.1, -0.05) is 40.5 Å². The molecule has 25 heavy (non-hydrogen) atoms. The molecule has 0 aromatic heterocycles. The quantitative estimate of drug-likeness (QED) is 0.166. The van der Waals surface area contributed by atoms with E-state index < -0.39 is 5.97 Å². The summed E-state index contributed by atoms with van der Waals surface area (Å²) in [7, 11) is 0. The molecule has 0 saturated carbocycles. The Kier molecular flexibility index (Phi) is 12.3. The second-order valence-corrected chi connectivity index (χ2v) is 5.76. The smallest absolute Gasteiger partial charge is 0.321 e. The maximum absolute atomic E-state index is 11.5. The molecule has 0 spiro atoms. The fraction of sp³-hybridized carbons (Fsp3) is 0.167. The van der Waals surface area contributed by atoms with E-state index >= 15 is 0 Å². The minimum Gasteiger partial charge on any atom is -0.508 e. The molecule has 7 heteroatoms.